The first kappa shape index (κ1) is 20.4. The fourth-order valence-corrected chi connectivity index (χ4v) is 4.19. The Balaban J connectivity index is 2.21. The van der Waals surface area contributed by atoms with Crippen LogP contribution < -0.4 is 5.32 Å². The predicted molar refractivity (Wildman–Crippen MR) is 110 cm³/mol. The van der Waals surface area contributed by atoms with Crippen molar-refractivity contribution < 1.29 is 14.3 Å². The van der Waals surface area contributed by atoms with Crippen molar-refractivity contribution in [3.05, 3.63) is 50.5 Å². The van der Waals surface area contributed by atoms with Gasteiger partial charge in [0.15, 0.2) is 0 Å². The van der Waals surface area contributed by atoms with Crippen LogP contribution in [0.15, 0.2) is 35.2 Å². The summed E-state index contributed by atoms with van der Waals surface area (Å²) in [6.07, 6.45) is 4.20. The first-order chi connectivity index (χ1) is 12.4. The van der Waals surface area contributed by atoms with Crippen molar-refractivity contribution in [1.29, 1.82) is 0 Å². The predicted octanol–water partition coefficient (Wildman–Crippen LogP) is 6.09. The summed E-state index contributed by atoms with van der Waals surface area (Å²) >= 11 is 2.83. The lowest BCUT2D eigenvalue weighted by Gasteiger charge is -2.07. The number of thiophene rings is 2. The second kappa shape index (κ2) is 9.69. The number of carbonyl (C=O) groups is 2. The highest BCUT2D eigenvalue weighted by atomic mass is 32.1. The number of carbonyl (C=O) groups excluding carboxylic acids is 2. The van der Waals surface area contributed by atoms with E-state index in [0.29, 0.717) is 28.0 Å². The molecule has 0 aliphatic carbocycles. The van der Waals surface area contributed by atoms with E-state index in [1.807, 2.05) is 17.5 Å². The molecule has 2 heterocycles. The van der Waals surface area contributed by atoms with Crippen molar-refractivity contribution in [2.24, 2.45) is 0 Å². The van der Waals surface area contributed by atoms with Gasteiger partial charge in [-0.3, -0.25) is 4.79 Å². The molecular formula is C20H25NO3S2. The molecule has 6 heteroatoms. The van der Waals surface area contributed by atoms with Gasteiger partial charge in [0.2, 0.25) is 0 Å². The number of hydrogen-bond acceptors (Lipinski definition) is 5. The Hall–Kier alpha value is -1.92. The first-order valence-corrected chi connectivity index (χ1v) is 10.4. The van der Waals surface area contributed by atoms with E-state index in [2.05, 4.69) is 32.2 Å². The zero-order valence-corrected chi connectivity index (χ0v) is 17.3. The SMILES string of the molecule is CCOC(=O)c1cc([C@@H](C)CCC=C(C)C)sc1NC(=O)c1cccs1. The van der Waals surface area contributed by atoms with Crippen molar-refractivity contribution in [2.75, 3.05) is 11.9 Å². The lowest BCUT2D eigenvalue weighted by Crippen LogP contribution is -2.13. The lowest BCUT2D eigenvalue weighted by molar-refractivity contribution is 0.0528. The van der Waals surface area contributed by atoms with Crippen molar-refractivity contribution in [2.45, 2.75) is 46.5 Å². The zero-order chi connectivity index (χ0) is 19.1. The van der Waals surface area contributed by atoms with Gasteiger partial charge in [-0.25, -0.2) is 4.79 Å². The van der Waals surface area contributed by atoms with Crippen LogP contribution in [0, 0.1) is 0 Å². The van der Waals surface area contributed by atoms with E-state index in [4.69, 9.17) is 4.74 Å². The Morgan fingerprint density at radius 2 is 2.12 bits per heavy atom. The van der Waals surface area contributed by atoms with Crippen molar-refractivity contribution in [3.8, 4) is 0 Å². The van der Waals surface area contributed by atoms with Gasteiger partial charge in [-0.2, -0.15) is 0 Å². The van der Waals surface area contributed by atoms with Crippen molar-refractivity contribution in [3.63, 3.8) is 0 Å². The number of rotatable bonds is 8. The first-order valence-electron chi connectivity index (χ1n) is 8.71. The molecule has 140 valence electrons. The normalized spacial score (nSPS) is 11.7. The molecule has 0 unspecified atom stereocenters. The van der Waals surface area contributed by atoms with Gasteiger partial charge < -0.3 is 10.1 Å². The van der Waals surface area contributed by atoms with Crippen LogP contribution in [0.1, 0.15) is 71.4 Å². The molecule has 0 aromatic carbocycles. The summed E-state index contributed by atoms with van der Waals surface area (Å²) in [7, 11) is 0. The van der Waals surface area contributed by atoms with E-state index in [9.17, 15) is 9.59 Å². The summed E-state index contributed by atoms with van der Waals surface area (Å²) < 4.78 is 5.16. The Morgan fingerprint density at radius 3 is 2.73 bits per heavy atom. The van der Waals surface area contributed by atoms with Crippen LogP contribution in [0.2, 0.25) is 0 Å². The number of amides is 1. The van der Waals surface area contributed by atoms with Crippen LogP contribution in [0.3, 0.4) is 0 Å². The van der Waals surface area contributed by atoms with Gasteiger partial charge in [-0.15, -0.1) is 22.7 Å². The quantitative estimate of drug-likeness (QED) is 0.438. The molecule has 26 heavy (non-hydrogen) atoms. The number of ether oxygens (including phenoxy) is 1. The van der Waals surface area contributed by atoms with E-state index in [1.54, 1.807) is 13.0 Å². The lowest BCUT2D eigenvalue weighted by atomic mass is 10.0. The molecular weight excluding hydrogens is 366 g/mol. The Morgan fingerprint density at radius 1 is 1.35 bits per heavy atom. The molecule has 1 N–H and O–H groups in total. The van der Waals surface area contributed by atoms with E-state index in [0.717, 1.165) is 17.7 Å². The van der Waals surface area contributed by atoms with E-state index in [-0.39, 0.29) is 5.91 Å². The third-order valence-corrected chi connectivity index (χ3v) is 6.01. The molecule has 0 aliphatic heterocycles. The third-order valence-electron chi connectivity index (χ3n) is 3.86. The van der Waals surface area contributed by atoms with E-state index in [1.165, 1.54) is 28.2 Å². The Bertz CT molecular complexity index is 771. The number of hydrogen-bond donors (Lipinski definition) is 1. The molecule has 4 nitrogen and oxygen atoms in total. The maximum Gasteiger partial charge on any atom is 0.341 e. The highest BCUT2D eigenvalue weighted by molar-refractivity contribution is 7.17. The van der Waals surface area contributed by atoms with Gasteiger partial charge in [-0.1, -0.05) is 24.6 Å². The van der Waals surface area contributed by atoms with Gasteiger partial charge in [-0.05, 0) is 57.0 Å². The number of nitrogens with one attached hydrogen (secondary N) is 1. The van der Waals surface area contributed by atoms with Crippen LogP contribution in [-0.4, -0.2) is 18.5 Å². The van der Waals surface area contributed by atoms with Gasteiger partial charge in [0.1, 0.15) is 5.00 Å². The van der Waals surface area contributed by atoms with Crippen LogP contribution in [-0.2, 0) is 4.74 Å². The van der Waals surface area contributed by atoms with Gasteiger partial charge >= 0.3 is 5.97 Å². The average Bonchev–Trinajstić information content (AvgIpc) is 3.24. The molecule has 0 radical (unpaired) electrons. The largest absolute Gasteiger partial charge is 0.462 e. The summed E-state index contributed by atoms with van der Waals surface area (Å²) in [5.74, 6) is -0.291. The molecule has 0 fully saturated rings. The Kier molecular flexibility index (Phi) is 7.60. The second-order valence-corrected chi connectivity index (χ2v) is 8.33. The van der Waals surface area contributed by atoms with Gasteiger partial charge in [0, 0.05) is 4.88 Å². The monoisotopic (exact) mass is 391 g/mol. The van der Waals surface area contributed by atoms with Crippen LogP contribution in [0.4, 0.5) is 5.00 Å². The van der Waals surface area contributed by atoms with Gasteiger partial charge in [0.05, 0.1) is 17.0 Å². The minimum Gasteiger partial charge on any atom is -0.462 e. The second-order valence-electron chi connectivity index (χ2n) is 6.30. The summed E-state index contributed by atoms with van der Waals surface area (Å²) in [6.45, 7) is 8.40. The molecule has 2 rings (SSSR count). The molecule has 0 saturated heterocycles. The Labute approximate surface area is 162 Å². The summed E-state index contributed by atoms with van der Waals surface area (Å²) in [5, 5.41) is 5.29. The highest BCUT2D eigenvalue weighted by Gasteiger charge is 2.22. The van der Waals surface area contributed by atoms with Crippen molar-refractivity contribution >= 4 is 39.6 Å². The summed E-state index contributed by atoms with van der Waals surface area (Å²) in [6, 6.07) is 5.46. The highest BCUT2D eigenvalue weighted by Crippen LogP contribution is 2.36. The van der Waals surface area contributed by atoms with Crippen LogP contribution >= 0.6 is 22.7 Å². The van der Waals surface area contributed by atoms with E-state index >= 15 is 0 Å². The minimum atomic E-state index is -0.395. The van der Waals surface area contributed by atoms with Crippen LogP contribution in [0.5, 0.6) is 0 Å². The molecule has 0 saturated carbocycles. The van der Waals surface area contributed by atoms with E-state index < -0.39 is 5.97 Å². The number of esters is 1. The molecule has 0 bridgehead atoms. The third kappa shape index (κ3) is 5.54. The number of anilines is 1. The molecule has 1 atom stereocenters. The molecule has 2 aromatic rings. The van der Waals surface area contributed by atoms with Crippen LogP contribution in [0.25, 0.3) is 0 Å². The van der Waals surface area contributed by atoms with Gasteiger partial charge in [0.25, 0.3) is 5.91 Å². The molecule has 2 aromatic heterocycles. The maximum atomic E-state index is 12.4. The summed E-state index contributed by atoms with van der Waals surface area (Å²) in [4.78, 5) is 26.4. The smallest absolute Gasteiger partial charge is 0.341 e. The molecule has 1 amide bonds. The zero-order valence-electron chi connectivity index (χ0n) is 15.6. The fraction of sp³-hybridized carbons (Fsp3) is 0.400. The maximum absolute atomic E-state index is 12.4. The average molecular weight is 392 g/mol. The molecule has 0 spiro atoms. The van der Waals surface area contributed by atoms with Crippen molar-refractivity contribution in [1.82, 2.24) is 0 Å². The standard InChI is InChI=1S/C20H25NO3S2/c1-5-24-20(23)15-12-17(14(4)9-6-8-13(2)3)26-19(15)21-18(22)16-10-7-11-25-16/h7-8,10-12,14H,5-6,9H2,1-4H3,(H,21,22)/t14-/m0/s1. The topological polar surface area (TPSA) is 55.4 Å². The fourth-order valence-electron chi connectivity index (χ4n) is 2.44. The minimum absolute atomic E-state index is 0.198. The number of allylic oxidation sites excluding steroid dienone is 2. The summed E-state index contributed by atoms with van der Waals surface area (Å²) in [5.41, 5.74) is 1.74. The molecule has 0 aliphatic rings.